The molecule has 0 saturated carbocycles. The van der Waals surface area contributed by atoms with E-state index in [0.717, 1.165) is 38.0 Å². The smallest absolute Gasteiger partial charge is 0.373 e. The monoisotopic (exact) mass is 596 g/mol. The second-order valence-electron chi connectivity index (χ2n) is 9.52. The van der Waals surface area contributed by atoms with Crippen LogP contribution in [0.3, 0.4) is 0 Å². The molecule has 0 radical (unpaired) electrons. The van der Waals surface area contributed by atoms with Gasteiger partial charge in [-0.1, -0.05) is 50.9 Å². The van der Waals surface area contributed by atoms with Gasteiger partial charge in [-0.2, -0.15) is 0 Å². The van der Waals surface area contributed by atoms with Crippen molar-refractivity contribution in [1.82, 2.24) is 4.57 Å². The van der Waals surface area contributed by atoms with Crippen LogP contribution < -0.4 is 5.63 Å². The lowest BCUT2D eigenvalue weighted by Gasteiger charge is -2.31. The lowest BCUT2D eigenvalue weighted by atomic mass is 9.76. The van der Waals surface area contributed by atoms with E-state index in [4.69, 9.17) is 9.25 Å². The van der Waals surface area contributed by atoms with Crippen LogP contribution in [0.4, 0.5) is 0 Å². The van der Waals surface area contributed by atoms with Crippen molar-refractivity contribution in [3.8, 4) is 5.69 Å². The molecule has 4 aromatic rings. The van der Waals surface area contributed by atoms with Gasteiger partial charge in [-0.15, -0.1) is 0 Å². The van der Waals surface area contributed by atoms with Gasteiger partial charge in [-0.25, -0.2) is 9.59 Å². The number of carbonyl (C=O) groups excluding carboxylic acids is 1. The average molecular weight is 598 g/mol. The average Bonchev–Trinajstić information content (AvgIpc) is 3.12. The summed E-state index contributed by atoms with van der Waals surface area (Å²) in [6, 6.07) is 16.9. The molecule has 2 aromatic heterocycles. The molecule has 2 aromatic carbocycles. The fraction of sp³-hybridized carbons (Fsp3) is 0.222. The van der Waals surface area contributed by atoms with Gasteiger partial charge in [0.05, 0.1) is 5.71 Å². The van der Waals surface area contributed by atoms with Gasteiger partial charge in [0.2, 0.25) is 0 Å². The van der Waals surface area contributed by atoms with Crippen LogP contribution in [0.5, 0.6) is 0 Å². The third kappa shape index (κ3) is 4.65. The van der Waals surface area contributed by atoms with E-state index >= 15 is 0 Å². The quantitative estimate of drug-likeness (QED) is 0.145. The first-order valence-electron chi connectivity index (χ1n) is 11.1. The predicted molar refractivity (Wildman–Crippen MR) is 142 cm³/mol. The summed E-state index contributed by atoms with van der Waals surface area (Å²) < 4.78 is 9.33. The molecule has 0 amide bonds. The third-order valence-electron chi connectivity index (χ3n) is 6.13. The molecule has 178 valence electrons. The Kier molecular flexibility index (Phi) is 6.05. The third-order valence-corrected chi connectivity index (χ3v) is 7.15. The maximum absolute atomic E-state index is 12.8. The summed E-state index contributed by atoms with van der Waals surface area (Å²) in [5.41, 5.74) is 4.21. The molecule has 0 N–H and O–H groups in total. The molecule has 0 spiro atoms. The van der Waals surface area contributed by atoms with Crippen LogP contribution in [0.1, 0.15) is 47.6 Å². The number of benzene rings is 2. The normalized spacial score (nSPS) is 15.9. The molecule has 0 unspecified atom stereocenters. The van der Waals surface area contributed by atoms with Crippen molar-refractivity contribution in [1.29, 1.82) is 0 Å². The predicted octanol–water partition coefficient (Wildman–Crippen LogP) is 6.95. The molecule has 35 heavy (non-hydrogen) atoms. The van der Waals surface area contributed by atoms with E-state index in [9.17, 15) is 9.59 Å². The van der Waals surface area contributed by atoms with Gasteiger partial charge in [0.25, 0.3) is 0 Å². The standard InChI is InChI=1S/C27H22Br2N2O4/c1-15-10-20-22(13-27(2,3)14-23(20)31(15)19-7-4-17(28)5-8-19)30-35-26(33)21-12-16-11-18(29)6-9-24(16)34-25(21)32/h4-12H,13-14H2,1-3H3/b30-22+. The molecule has 0 fully saturated rings. The summed E-state index contributed by atoms with van der Waals surface area (Å²) in [6.07, 6.45) is 1.48. The Balaban J connectivity index is 1.52. The van der Waals surface area contributed by atoms with E-state index in [1.165, 1.54) is 6.07 Å². The van der Waals surface area contributed by atoms with E-state index in [1.54, 1.807) is 18.2 Å². The van der Waals surface area contributed by atoms with Gasteiger partial charge in [-0.3, -0.25) is 0 Å². The van der Waals surface area contributed by atoms with Crippen molar-refractivity contribution in [3.05, 3.63) is 96.5 Å². The number of nitrogens with zero attached hydrogens (tertiary/aromatic N) is 2. The highest BCUT2D eigenvalue weighted by molar-refractivity contribution is 9.10. The minimum Gasteiger partial charge on any atom is -0.422 e. The van der Waals surface area contributed by atoms with Crippen LogP contribution in [-0.2, 0) is 11.3 Å². The molecular formula is C27H22Br2N2O4. The minimum absolute atomic E-state index is 0.0929. The zero-order valence-electron chi connectivity index (χ0n) is 19.4. The Labute approximate surface area is 218 Å². The summed E-state index contributed by atoms with van der Waals surface area (Å²) in [4.78, 5) is 30.5. The number of hydrogen-bond donors (Lipinski definition) is 0. The summed E-state index contributed by atoms with van der Waals surface area (Å²) in [5, 5.41) is 4.87. The van der Waals surface area contributed by atoms with Crippen LogP contribution >= 0.6 is 31.9 Å². The van der Waals surface area contributed by atoms with Crippen LogP contribution in [-0.4, -0.2) is 16.2 Å². The Hall–Kier alpha value is -2.97. The number of aromatic nitrogens is 1. The van der Waals surface area contributed by atoms with Gasteiger partial charge in [0.1, 0.15) is 11.1 Å². The van der Waals surface area contributed by atoms with E-state index < -0.39 is 11.6 Å². The van der Waals surface area contributed by atoms with Crippen LogP contribution in [0.15, 0.2) is 77.9 Å². The lowest BCUT2D eigenvalue weighted by Crippen LogP contribution is -2.29. The van der Waals surface area contributed by atoms with Gasteiger partial charge in [0, 0.05) is 37.0 Å². The van der Waals surface area contributed by atoms with Crippen molar-refractivity contribution in [3.63, 3.8) is 0 Å². The molecule has 8 heteroatoms. The van der Waals surface area contributed by atoms with Crippen molar-refractivity contribution in [2.75, 3.05) is 0 Å². The molecular weight excluding hydrogens is 576 g/mol. The zero-order valence-corrected chi connectivity index (χ0v) is 22.6. The molecule has 6 nitrogen and oxygen atoms in total. The second kappa shape index (κ2) is 8.91. The number of hydrogen-bond acceptors (Lipinski definition) is 5. The summed E-state index contributed by atoms with van der Waals surface area (Å²) in [6.45, 7) is 6.38. The molecule has 1 aliphatic carbocycles. The second-order valence-corrected chi connectivity index (χ2v) is 11.4. The summed E-state index contributed by atoms with van der Waals surface area (Å²) >= 11 is 6.88. The number of oxime groups is 1. The number of aryl methyl sites for hydroxylation is 1. The fourth-order valence-corrected chi connectivity index (χ4v) is 5.24. The van der Waals surface area contributed by atoms with E-state index in [-0.39, 0.29) is 11.0 Å². The Morgan fingerprint density at radius 2 is 1.74 bits per heavy atom. The number of fused-ring (bicyclic) bond motifs is 2. The summed E-state index contributed by atoms with van der Waals surface area (Å²) in [5.74, 6) is -0.845. The van der Waals surface area contributed by atoms with Crippen LogP contribution in [0, 0.1) is 12.3 Å². The van der Waals surface area contributed by atoms with E-state index in [0.29, 0.717) is 23.1 Å². The molecule has 0 saturated heterocycles. The van der Waals surface area contributed by atoms with Crippen LogP contribution in [0.25, 0.3) is 16.7 Å². The number of carbonyl (C=O) groups is 1. The van der Waals surface area contributed by atoms with Gasteiger partial charge in [-0.05, 0) is 79.8 Å². The maximum Gasteiger partial charge on any atom is 0.373 e. The SMILES string of the molecule is Cc1cc2c(n1-c1ccc(Br)cc1)CC(C)(C)C/C2=N\OC(=O)c1cc2cc(Br)ccc2oc1=O. The Morgan fingerprint density at radius 3 is 2.49 bits per heavy atom. The van der Waals surface area contributed by atoms with E-state index in [2.05, 4.69) is 80.6 Å². The highest BCUT2D eigenvalue weighted by Gasteiger charge is 2.34. The molecule has 1 aliphatic rings. The fourth-order valence-electron chi connectivity index (χ4n) is 4.59. The van der Waals surface area contributed by atoms with Gasteiger partial charge in [0.15, 0.2) is 0 Å². The van der Waals surface area contributed by atoms with Crippen LogP contribution in [0.2, 0.25) is 0 Å². The largest absolute Gasteiger partial charge is 0.422 e. The first kappa shape index (κ1) is 23.8. The number of halogens is 2. The number of rotatable bonds is 3. The van der Waals surface area contributed by atoms with Gasteiger partial charge >= 0.3 is 11.6 Å². The Morgan fingerprint density at radius 1 is 1.03 bits per heavy atom. The zero-order chi connectivity index (χ0) is 24.9. The molecule has 2 heterocycles. The topological polar surface area (TPSA) is 73.8 Å². The lowest BCUT2D eigenvalue weighted by molar-refractivity contribution is 0.0509. The highest BCUT2D eigenvalue weighted by Crippen LogP contribution is 2.38. The summed E-state index contributed by atoms with van der Waals surface area (Å²) in [7, 11) is 0. The maximum atomic E-state index is 12.8. The van der Waals surface area contributed by atoms with Crippen molar-refractivity contribution in [2.45, 2.75) is 33.6 Å². The highest BCUT2D eigenvalue weighted by atomic mass is 79.9. The molecule has 0 atom stereocenters. The first-order valence-corrected chi connectivity index (χ1v) is 12.7. The van der Waals surface area contributed by atoms with Crippen molar-refractivity contribution in [2.24, 2.45) is 10.6 Å². The first-order chi connectivity index (χ1) is 16.6. The van der Waals surface area contributed by atoms with Gasteiger partial charge < -0.3 is 13.8 Å². The molecule has 5 rings (SSSR count). The van der Waals surface area contributed by atoms with Crippen molar-refractivity contribution >= 4 is 54.5 Å². The molecule has 0 aliphatic heterocycles. The minimum atomic E-state index is -0.845. The Bertz CT molecular complexity index is 1560. The van der Waals surface area contributed by atoms with E-state index in [1.807, 2.05) is 12.1 Å². The van der Waals surface area contributed by atoms with Crippen molar-refractivity contribution < 1.29 is 14.0 Å². The molecule has 0 bridgehead atoms.